The van der Waals surface area contributed by atoms with Crippen LogP contribution in [0.1, 0.15) is 31.1 Å². The fourth-order valence-electron chi connectivity index (χ4n) is 2.67. The number of carbonyl (C=O) groups is 3. The van der Waals surface area contributed by atoms with E-state index < -0.39 is 28.6 Å². The predicted molar refractivity (Wildman–Crippen MR) is 107 cm³/mol. The van der Waals surface area contributed by atoms with Crippen LogP contribution >= 0.6 is 0 Å². The highest BCUT2D eigenvalue weighted by Crippen LogP contribution is 2.31. The second-order valence-corrected chi connectivity index (χ2v) is 8.00. The molecule has 0 radical (unpaired) electrons. The molecule has 0 saturated carbocycles. The highest BCUT2D eigenvalue weighted by molar-refractivity contribution is 7.97. The van der Waals surface area contributed by atoms with Crippen LogP contribution in [-0.4, -0.2) is 17.7 Å². The largest absolute Gasteiger partial charge is 0.366 e. The fraction of sp³-hybridized carbons (Fsp3) is 0. The zero-order valence-corrected chi connectivity index (χ0v) is 15.6. The maximum absolute atomic E-state index is 11.4. The molecule has 3 aromatic carbocycles. The lowest BCUT2D eigenvalue weighted by Crippen LogP contribution is -2.13. The Labute approximate surface area is 164 Å². The number of hydrogen-bond acceptors (Lipinski definition) is 3. The van der Waals surface area contributed by atoms with Crippen LogP contribution in [0.5, 0.6) is 0 Å². The molecule has 0 aromatic heterocycles. The third-order valence-electron chi connectivity index (χ3n) is 4.12. The Morgan fingerprint density at radius 3 is 0.857 bits per heavy atom. The smallest absolute Gasteiger partial charge is 0.248 e. The molecule has 0 aliphatic heterocycles. The highest BCUT2D eigenvalue weighted by atomic mass is 32.2. The Kier molecular flexibility index (Phi) is 5.47. The van der Waals surface area contributed by atoms with Gasteiger partial charge >= 0.3 is 0 Å². The van der Waals surface area contributed by atoms with E-state index >= 15 is 0 Å². The Balaban J connectivity index is 2.08. The summed E-state index contributed by atoms with van der Waals surface area (Å²) in [5, 5.41) is 0. The molecule has 3 rings (SSSR count). The first-order valence-electron chi connectivity index (χ1n) is 8.30. The van der Waals surface area contributed by atoms with Crippen LogP contribution in [0.2, 0.25) is 0 Å². The summed E-state index contributed by atoms with van der Waals surface area (Å²) in [5.41, 5.74) is 17.2. The minimum atomic E-state index is -0.535. The second-order valence-electron chi connectivity index (χ2n) is 5.97. The molecule has 140 valence electrons. The Bertz CT molecular complexity index is 893. The van der Waals surface area contributed by atoms with Gasteiger partial charge in [-0.25, -0.2) is 0 Å². The summed E-state index contributed by atoms with van der Waals surface area (Å²) in [5.74, 6) is -1.49. The second kappa shape index (κ2) is 7.98. The molecule has 0 saturated heterocycles. The van der Waals surface area contributed by atoms with Crippen LogP contribution in [0, 0.1) is 0 Å². The Morgan fingerprint density at radius 1 is 0.464 bits per heavy atom. The van der Waals surface area contributed by atoms with E-state index in [1.165, 1.54) is 0 Å². The summed E-state index contributed by atoms with van der Waals surface area (Å²) < 4.78 is 0. The normalized spacial score (nSPS) is 10.6. The first-order valence-corrected chi connectivity index (χ1v) is 9.53. The van der Waals surface area contributed by atoms with E-state index in [9.17, 15) is 14.4 Å². The molecule has 0 fully saturated rings. The van der Waals surface area contributed by atoms with Crippen LogP contribution < -0.4 is 17.2 Å². The summed E-state index contributed by atoms with van der Waals surface area (Å²) in [6.45, 7) is 0. The highest BCUT2D eigenvalue weighted by Gasteiger charge is 2.29. The van der Waals surface area contributed by atoms with Crippen molar-refractivity contribution in [2.75, 3.05) is 0 Å². The number of carbonyl (C=O) groups excluding carboxylic acids is 3. The summed E-state index contributed by atoms with van der Waals surface area (Å²) in [6.07, 6.45) is 0. The molecular formula is C21H18N3O3S+. The summed E-state index contributed by atoms with van der Waals surface area (Å²) >= 11 is 0. The van der Waals surface area contributed by atoms with Crippen LogP contribution in [0.25, 0.3) is 0 Å². The van der Waals surface area contributed by atoms with Gasteiger partial charge in [0.25, 0.3) is 0 Å². The monoisotopic (exact) mass is 392 g/mol. The van der Waals surface area contributed by atoms with Gasteiger partial charge in [0.2, 0.25) is 17.7 Å². The van der Waals surface area contributed by atoms with Crippen molar-refractivity contribution >= 4 is 28.6 Å². The third-order valence-corrected chi connectivity index (χ3v) is 6.35. The molecule has 3 aromatic rings. The van der Waals surface area contributed by atoms with Gasteiger partial charge in [0.1, 0.15) is 0 Å². The zero-order chi connectivity index (χ0) is 20.3. The molecule has 28 heavy (non-hydrogen) atoms. The van der Waals surface area contributed by atoms with E-state index in [1.807, 2.05) is 36.4 Å². The van der Waals surface area contributed by atoms with Crippen molar-refractivity contribution in [3.63, 3.8) is 0 Å². The molecule has 0 unspecified atom stereocenters. The molecule has 0 spiro atoms. The van der Waals surface area contributed by atoms with E-state index in [2.05, 4.69) is 0 Å². The van der Waals surface area contributed by atoms with Crippen molar-refractivity contribution in [1.82, 2.24) is 0 Å². The number of amides is 3. The average molecular weight is 392 g/mol. The number of benzene rings is 3. The molecule has 0 heterocycles. The SMILES string of the molecule is NC(=O)c1ccc([S+](c2ccc(C(N)=O)cc2)c2ccc(C(N)=O)cc2)cc1. The van der Waals surface area contributed by atoms with Gasteiger partial charge in [0.05, 0.1) is 10.9 Å². The molecule has 0 aliphatic carbocycles. The summed E-state index contributed by atoms with van der Waals surface area (Å²) in [4.78, 5) is 36.9. The minimum Gasteiger partial charge on any atom is -0.366 e. The molecular weight excluding hydrogens is 374 g/mol. The first kappa shape index (κ1) is 19.2. The van der Waals surface area contributed by atoms with Crippen molar-refractivity contribution < 1.29 is 14.4 Å². The molecule has 0 atom stereocenters. The lowest BCUT2D eigenvalue weighted by molar-refractivity contribution is 0.0992. The molecule has 6 nitrogen and oxygen atoms in total. The molecule has 7 heteroatoms. The van der Waals surface area contributed by atoms with Gasteiger partial charge in [-0.05, 0) is 72.8 Å². The van der Waals surface area contributed by atoms with E-state index in [0.717, 1.165) is 14.7 Å². The van der Waals surface area contributed by atoms with Gasteiger partial charge in [-0.15, -0.1) is 0 Å². The van der Waals surface area contributed by atoms with Crippen molar-refractivity contribution in [1.29, 1.82) is 0 Å². The molecule has 6 N–H and O–H groups in total. The van der Waals surface area contributed by atoms with Crippen LogP contribution in [-0.2, 0) is 10.9 Å². The third kappa shape index (κ3) is 4.05. The number of rotatable bonds is 6. The molecule has 3 amide bonds. The van der Waals surface area contributed by atoms with E-state index in [1.54, 1.807) is 36.4 Å². The fourth-order valence-corrected chi connectivity index (χ4v) is 4.72. The van der Waals surface area contributed by atoms with Gasteiger partial charge in [-0.2, -0.15) is 0 Å². The quantitative estimate of drug-likeness (QED) is 0.555. The van der Waals surface area contributed by atoms with Crippen LogP contribution in [0.15, 0.2) is 87.5 Å². The maximum atomic E-state index is 11.4. The number of nitrogens with two attached hydrogens (primary N) is 3. The maximum Gasteiger partial charge on any atom is 0.248 e. The first-order chi connectivity index (χ1) is 13.4. The predicted octanol–water partition coefficient (Wildman–Crippen LogP) is 2.08. The Hall–Kier alpha value is -3.58. The van der Waals surface area contributed by atoms with E-state index in [0.29, 0.717) is 16.7 Å². The summed E-state index contributed by atoms with van der Waals surface area (Å²) in [6, 6.07) is 21.1. The topological polar surface area (TPSA) is 129 Å². The van der Waals surface area contributed by atoms with Crippen molar-refractivity contribution in [2.24, 2.45) is 17.2 Å². The van der Waals surface area contributed by atoms with E-state index in [-0.39, 0.29) is 0 Å². The van der Waals surface area contributed by atoms with Gasteiger partial charge in [-0.3, -0.25) is 14.4 Å². The molecule has 0 bridgehead atoms. The minimum absolute atomic E-state index is 0.417. The number of hydrogen-bond donors (Lipinski definition) is 3. The van der Waals surface area contributed by atoms with Gasteiger partial charge < -0.3 is 17.2 Å². The van der Waals surface area contributed by atoms with Gasteiger partial charge in [-0.1, -0.05) is 0 Å². The summed E-state index contributed by atoms with van der Waals surface area (Å²) in [7, 11) is -0.535. The van der Waals surface area contributed by atoms with E-state index in [4.69, 9.17) is 17.2 Å². The molecule has 0 aliphatic rings. The average Bonchev–Trinajstić information content (AvgIpc) is 2.69. The van der Waals surface area contributed by atoms with Crippen LogP contribution in [0.4, 0.5) is 0 Å². The standard InChI is InChI=1S/C21H17N3O3S/c22-19(25)13-1-7-16(8-2-13)28(17-9-3-14(4-10-17)20(23)26)18-11-5-15(6-12-18)21(24)27/h1-12H,(H5-,22,23,24,25,26,27)/p+1. The van der Waals surface area contributed by atoms with Gasteiger partial charge in [0, 0.05) is 16.7 Å². The van der Waals surface area contributed by atoms with Crippen molar-refractivity contribution in [3.05, 3.63) is 89.5 Å². The Morgan fingerprint density at radius 2 is 0.679 bits per heavy atom. The zero-order valence-electron chi connectivity index (χ0n) is 14.8. The van der Waals surface area contributed by atoms with Crippen molar-refractivity contribution in [2.45, 2.75) is 14.7 Å². The number of primary amides is 3. The lowest BCUT2D eigenvalue weighted by Gasteiger charge is -2.09. The van der Waals surface area contributed by atoms with Gasteiger partial charge in [0.15, 0.2) is 14.7 Å². The van der Waals surface area contributed by atoms with Crippen LogP contribution in [0.3, 0.4) is 0 Å². The van der Waals surface area contributed by atoms with Crippen molar-refractivity contribution in [3.8, 4) is 0 Å². The lowest BCUT2D eigenvalue weighted by atomic mass is 10.2.